The highest BCUT2D eigenvalue weighted by Crippen LogP contribution is 2.18. The number of guanidine groups is 1. The van der Waals surface area contributed by atoms with E-state index in [1.165, 1.54) is 18.4 Å². The van der Waals surface area contributed by atoms with Gasteiger partial charge in [0.1, 0.15) is 18.9 Å². The predicted octanol–water partition coefficient (Wildman–Crippen LogP) is 2.28. The van der Waals surface area contributed by atoms with Crippen molar-refractivity contribution in [1.29, 1.82) is 0 Å². The van der Waals surface area contributed by atoms with Crippen molar-refractivity contribution >= 4 is 11.9 Å². The van der Waals surface area contributed by atoms with Gasteiger partial charge in [-0.25, -0.2) is 4.99 Å². The fraction of sp³-hybridized carbons (Fsp3) is 0.600. The molecule has 0 atom stereocenters. The topological polar surface area (TPSA) is 57.2 Å². The second-order valence-electron chi connectivity index (χ2n) is 7.14. The lowest BCUT2D eigenvalue weighted by Crippen LogP contribution is -2.45. The van der Waals surface area contributed by atoms with Crippen molar-refractivity contribution in [2.24, 2.45) is 4.99 Å². The van der Waals surface area contributed by atoms with Gasteiger partial charge in [-0.05, 0) is 31.9 Å². The van der Waals surface area contributed by atoms with Crippen LogP contribution in [0, 0.1) is 6.92 Å². The number of carbonyl (C=O) groups is 1. The molecule has 0 aliphatic heterocycles. The van der Waals surface area contributed by atoms with Crippen LogP contribution in [0.4, 0.5) is 0 Å². The number of likely N-dealkylation sites (N-methyl/N-ethyl adjacent to an activating group) is 2. The van der Waals surface area contributed by atoms with E-state index in [1.54, 1.807) is 19.0 Å². The van der Waals surface area contributed by atoms with Crippen molar-refractivity contribution in [2.45, 2.75) is 38.6 Å². The van der Waals surface area contributed by atoms with Crippen molar-refractivity contribution in [3.63, 3.8) is 0 Å². The number of ether oxygens (including phenoxy) is 1. The average Bonchev–Trinajstić information content (AvgIpc) is 3.12. The maximum atomic E-state index is 11.9. The zero-order valence-electron chi connectivity index (χ0n) is 16.5. The summed E-state index contributed by atoms with van der Waals surface area (Å²) in [6.45, 7) is 3.48. The van der Waals surface area contributed by atoms with E-state index < -0.39 is 0 Å². The maximum absolute atomic E-state index is 11.9. The standard InChI is InChI=1S/C20H32N4O2/c1-16-9-11-18(12-10-16)26-14-13-24(4)20(21-15-19(25)23(2)3)22-17-7-5-6-8-17/h9-12,17H,5-8,13-15H2,1-4H3,(H,21,22). The first-order valence-electron chi connectivity index (χ1n) is 9.37. The predicted molar refractivity (Wildman–Crippen MR) is 106 cm³/mol. The minimum atomic E-state index is 0.0000253. The molecule has 1 aliphatic carbocycles. The van der Waals surface area contributed by atoms with Crippen LogP contribution in [-0.4, -0.2) is 68.5 Å². The molecule has 0 unspecified atom stereocenters. The number of benzene rings is 1. The van der Waals surface area contributed by atoms with Crippen LogP contribution in [0.15, 0.2) is 29.3 Å². The van der Waals surface area contributed by atoms with Crippen LogP contribution in [0.3, 0.4) is 0 Å². The Kier molecular flexibility index (Phi) is 7.75. The lowest BCUT2D eigenvalue weighted by Gasteiger charge is -2.25. The Morgan fingerprint density at radius 1 is 1.19 bits per heavy atom. The number of rotatable bonds is 7. The molecular weight excluding hydrogens is 328 g/mol. The third-order valence-corrected chi connectivity index (χ3v) is 4.63. The van der Waals surface area contributed by atoms with Crippen LogP contribution >= 0.6 is 0 Å². The Labute approximate surface area is 157 Å². The molecular formula is C20H32N4O2. The summed E-state index contributed by atoms with van der Waals surface area (Å²) in [5.74, 6) is 1.65. The smallest absolute Gasteiger partial charge is 0.243 e. The third-order valence-electron chi connectivity index (χ3n) is 4.63. The summed E-state index contributed by atoms with van der Waals surface area (Å²) in [7, 11) is 5.49. The van der Waals surface area contributed by atoms with E-state index in [9.17, 15) is 4.79 Å². The fourth-order valence-electron chi connectivity index (χ4n) is 2.85. The van der Waals surface area contributed by atoms with Crippen molar-refractivity contribution in [2.75, 3.05) is 40.8 Å². The van der Waals surface area contributed by atoms with E-state index in [0.29, 0.717) is 19.2 Å². The van der Waals surface area contributed by atoms with E-state index in [2.05, 4.69) is 17.2 Å². The molecule has 0 heterocycles. The van der Waals surface area contributed by atoms with Gasteiger partial charge in [0.25, 0.3) is 0 Å². The minimum Gasteiger partial charge on any atom is -0.492 e. The van der Waals surface area contributed by atoms with E-state index in [-0.39, 0.29) is 12.5 Å². The molecule has 1 aromatic carbocycles. The molecule has 0 aromatic heterocycles. The number of nitrogens with one attached hydrogen (secondary N) is 1. The van der Waals surface area contributed by atoms with Crippen molar-refractivity contribution in [3.8, 4) is 5.75 Å². The maximum Gasteiger partial charge on any atom is 0.243 e. The minimum absolute atomic E-state index is 0.0000253. The van der Waals surface area contributed by atoms with E-state index in [4.69, 9.17) is 4.74 Å². The molecule has 6 nitrogen and oxygen atoms in total. The lowest BCUT2D eigenvalue weighted by atomic mass is 10.2. The first-order chi connectivity index (χ1) is 12.5. The van der Waals surface area contributed by atoms with Crippen LogP contribution < -0.4 is 10.1 Å². The summed E-state index contributed by atoms with van der Waals surface area (Å²) in [4.78, 5) is 20.0. The van der Waals surface area contributed by atoms with E-state index in [0.717, 1.165) is 24.6 Å². The quantitative estimate of drug-likeness (QED) is 0.599. The highest BCUT2D eigenvalue weighted by Gasteiger charge is 2.18. The Morgan fingerprint density at radius 3 is 2.46 bits per heavy atom. The van der Waals surface area contributed by atoms with Crippen LogP contribution in [0.25, 0.3) is 0 Å². The Morgan fingerprint density at radius 2 is 1.85 bits per heavy atom. The van der Waals surface area contributed by atoms with Crippen LogP contribution in [0.2, 0.25) is 0 Å². The molecule has 0 spiro atoms. The highest BCUT2D eigenvalue weighted by atomic mass is 16.5. The molecule has 6 heteroatoms. The van der Waals surface area contributed by atoms with Crippen LogP contribution in [-0.2, 0) is 4.79 Å². The zero-order valence-corrected chi connectivity index (χ0v) is 16.5. The number of carbonyl (C=O) groups excluding carboxylic acids is 1. The van der Waals surface area contributed by atoms with Gasteiger partial charge in [-0.15, -0.1) is 0 Å². The molecule has 0 saturated heterocycles. The van der Waals surface area contributed by atoms with Gasteiger partial charge in [0, 0.05) is 27.2 Å². The zero-order chi connectivity index (χ0) is 18.9. The summed E-state index contributed by atoms with van der Waals surface area (Å²) in [5.41, 5.74) is 1.22. The van der Waals surface area contributed by atoms with Gasteiger partial charge in [-0.2, -0.15) is 0 Å². The van der Waals surface area contributed by atoms with E-state index in [1.807, 2.05) is 36.2 Å². The monoisotopic (exact) mass is 360 g/mol. The second kappa shape index (κ2) is 10.0. The molecule has 26 heavy (non-hydrogen) atoms. The molecule has 1 amide bonds. The van der Waals surface area contributed by atoms with Crippen molar-refractivity contribution in [1.82, 2.24) is 15.1 Å². The number of aliphatic imine (C=N–C) groups is 1. The summed E-state index contributed by atoms with van der Waals surface area (Å²) in [5, 5.41) is 3.52. The molecule has 0 radical (unpaired) electrons. The lowest BCUT2D eigenvalue weighted by molar-refractivity contribution is -0.127. The Bertz CT molecular complexity index is 592. The number of aryl methyl sites for hydroxylation is 1. The summed E-state index contributed by atoms with van der Waals surface area (Å²) < 4.78 is 5.82. The van der Waals surface area contributed by atoms with Gasteiger partial charge in [0.05, 0.1) is 6.54 Å². The SMILES string of the molecule is Cc1ccc(OCCN(C)C(=NCC(=O)N(C)C)NC2CCCC2)cc1. The molecule has 1 N–H and O–H groups in total. The average molecular weight is 361 g/mol. The van der Waals surface area contributed by atoms with Crippen molar-refractivity contribution in [3.05, 3.63) is 29.8 Å². The van der Waals surface area contributed by atoms with Gasteiger partial charge in [0.15, 0.2) is 5.96 Å². The molecule has 1 aromatic rings. The van der Waals surface area contributed by atoms with Gasteiger partial charge < -0.3 is 19.9 Å². The van der Waals surface area contributed by atoms with Crippen molar-refractivity contribution < 1.29 is 9.53 Å². The van der Waals surface area contributed by atoms with Gasteiger partial charge in [-0.3, -0.25) is 4.79 Å². The van der Waals surface area contributed by atoms with Gasteiger partial charge in [-0.1, -0.05) is 30.5 Å². The summed E-state index contributed by atoms with van der Waals surface area (Å²) >= 11 is 0. The van der Waals surface area contributed by atoms with Crippen LogP contribution in [0.1, 0.15) is 31.2 Å². The van der Waals surface area contributed by atoms with Crippen LogP contribution in [0.5, 0.6) is 5.75 Å². The highest BCUT2D eigenvalue weighted by molar-refractivity contribution is 5.84. The summed E-state index contributed by atoms with van der Waals surface area (Å²) in [6.07, 6.45) is 4.83. The number of hydrogen-bond acceptors (Lipinski definition) is 3. The Balaban J connectivity index is 1.90. The molecule has 1 saturated carbocycles. The first kappa shape index (κ1) is 20.1. The fourth-order valence-corrected chi connectivity index (χ4v) is 2.85. The first-order valence-corrected chi connectivity index (χ1v) is 9.37. The Hall–Kier alpha value is -2.24. The van der Waals surface area contributed by atoms with Gasteiger partial charge in [0.2, 0.25) is 5.91 Å². The molecule has 2 rings (SSSR count). The number of amides is 1. The number of nitrogens with zero attached hydrogens (tertiary/aromatic N) is 3. The molecule has 1 aliphatic rings. The molecule has 1 fully saturated rings. The third kappa shape index (κ3) is 6.58. The normalized spacial score (nSPS) is 15.0. The molecule has 0 bridgehead atoms. The van der Waals surface area contributed by atoms with E-state index >= 15 is 0 Å². The second-order valence-corrected chi connectivity index (χ2v) is 7.14. The van der Waals surface area contributed by atoms with Gasteiger partial charge >= 0.3 is 0 Å². The molecule has 144 valence electrons. The number of hydrogen-bond donors (Lipinski definition) is 1. The largest absolute Gasteiger partial charge is 0.492 e. The summed E-state index contributed by atoms with van der Waals surface area (Å²) in [6, 6.07) is 8.50.